The lowest BCUT2D eigenvalue weighted by Gasteiger charge is -2.07. The van der Waals surface area contributed by atoms with Crippen LogP contribution >= 0.6 is 0 Å². The third kappa shape index (κ3) is 3.96. The van der Waals surface area contributed by atoms with Crippen LogP contribution in [0.2, 0.25) is 0 Å². The molecule has 6 heteroatoms. The standard InChI is InChI=1S/C20H19F2N3O/c1-13-19(14(2)25(24-13)12-15-6-4-3-5-7-15)20(26)23-11-16-8-17(21)10-18(22)9-16/h3-10H,11-12H2,1-2H3,(H,23,26). The number of carbonyl (C=O) groups excluding carboxylic acids is 1. The van der Waals surface area contributed by atoms with Gasteiger partial charge in [0.25, 0.3) is 5.91 Å². The predicted molar refractivity (Wildman–Crippen MR) is 94.8 cm³/mol. The number of amides is 1. The van der Waals surface area contributed by atoms with Crippen molar-refractivity contribution in [2.45, 2.75) is 26.9 Å². The van der Waals surface area contributed by atoms with Crippen molar-refractivity contribution < 1.29 is 13.6 Å². The smallest absolute Gasteiger partial charge is 0.255 e. The summed E-state index contributed by atoms with van der Waals surface area (Å²) in [7, 11) is 0. The molecular weight excluding hydrogens is 336 g/mol. The van der Waals surface area contributed by atoms with Gasteiger partial charge in [-0.3, -0.25) is 9.48 Å². The molecule has 0 atom stereocenters. The zero-order valence-corrected chi connectivity index (χ0v) is 14.6. The number of hydrogen-bond donors (Lipinski definition) is 1. The van der Waals surface area contributed by atoms with Gasteiger partial charge >= 0.3 is 0 Å². The molecule has 134 valence electrons. The molecule has 1 heterocycles. The first-order valence-corrected chi connectivity index (χ1v) is 8.25. The summed E-state index contributed by atoms with van der Waals surface area (Å²) in [6.45, 7) is 4.21. The highest BCUT2D eigenvalue weighted by Gasteiger charge is 2.18. The molecule has 0 fully saturated rings. The second-order valence-electron chi connectivity index (χ2n) is 6.15. The van der Waals surface area contributed by atoms with Crippen LogP contribution in [-0.2, 0) is 13.1 Å². The van der Waals surface area contributed by atoms with E-state index in [-0.39, 0.29) is 12.5 Å². The fraction of sp³-hybridized carbons (Fsp3) is 0.200. The van der Waals surface area contributed by atoms with Gasteiger partial charge in [-0.1, -0.05) is 30.3 Å². The van der Waals surface area contributed by atoms with Crippen molar-refractivity contribution in [1.29, 1.82) is 0 Å². The Hall–Kier alpha value is -3.02. The molecule has 3 rings (SSSR count). The van der Waals surface area contributed by atoms with E-state index in [1.807, 2.05) is 37.3 Å². The van der Waals surface area contributed by atoms with Crippen molar-refractivity contribution in [3.63, 3.8) is 0 Å². The van der Waals surface area contributed by atoms with Crippen LogP contribution in [0.4, 0.5) is 8.78 Å². The summed E-state index contributed by atoms with van der Waals surface area (Å²) in [5.74, 6) is -1.65. The van der Waals surface area contributed by atoms with Crippen molar-refractivity contribution in [1.82, 2.24) is 15.1 Å². The van der Waals surface area contributed by atoms with Gasteiger partial charge in [0.05, 0.1) is 17.8 Å². The highest BCUT2D eigenvalue weighted by atomic mass is 19.1. The highest BCUT2D eigenvalue weighted by Crippen LogP contribution is 2.15. The maximum atomic E-state index is 13.2. The predicted octanol–water partition coefficient (Wildman–Crippen LogP) is 3.76. The van der Waals surface area contributed by atoms with Crippen LogP contribution in [0, 0.1) is 25.5 Å². The minimum atomic E-state index is -0.669. The summed E-state index contributed by atoms with van der Waals surface area (Å²) < 4.78 is 28.3. The largest absolute Gasteiger partial charge is 0.348 e. The molecule has 0 aliphatic carbocycles. The van der Waals surface area contributed by atoms with Crippen molar-refractivity contribution in [2.75, 3.05) is 0 Å². The van der Waals surface area contributed by atoms with Gasteiger partial charge in [-0.15, -0.1) is 0 Å². The number of halogens is 2. The van der Waals surface area contributed by atoms with Crippen molar-refractivity contribution in [3.05, 3.63) is 88.2 Å². The van der Waals surface area contributed by atoms with Crippen molar-refractivity contribution in [2.24, 2.45) is 0 Å². The Morgan fingerprint density at radius 1 is 1.04 bits per heavy atom. The van der Waals surface area contributed by atoms with E-state index >= 15 is 0 Å². The van der Waals surface area contributed by atoms with E-state index in [0.29, 0.717) is 23.4 Å². The lowest BCUT2D eigenvalue weighted by molar-refractivity contribution is 0.0949. The fourth-order valence-electron chi connectivity index (χ4n) is 2.92. The van der Waals surface area contributed by atoms with Gasteiger partial charge in [0, 0.05) is 18.3 Å². The van der Waals surface area contributed by atoms with Gasteiger partial charge in [0.15, 0.2) is 0 Å². The number of aryl methyl sites for hydroxylation is 1. The molecule has 0 aliphatic rings. The summed E-state index contributed by atoms with van der Waals surface area (Å²) in [6, 6.07) is 13.0. The maximum Gasteiger partial charge on any atom is 0.255 e. The molecule has 0 aliphatic heterocycles. The Morgan fingerprint density at radius 3 is 2.35 bits per heavy atom. The van der Waals surface area contributed by atoms with Gasteiger partial charge < -0.3 is 5.32 Å². The van der Waals surface area contributed by atoms with E-state index in [0.717, 1.165) is 17.3 Å². The minimum absolute atomic E-state index is 0.0380. The van der Waals surface area contributed by atoms with Gasteiger partial charge in [0.2, 0.25) is 0 Å². The Kier molecular flexibility index (Phi) is 5.11. The molecule has 0 spiro atoms. The summed E-state index contributed by atoms with van der Waals surface area (Å²) in [4.78, 5) is 12.5. The Morgan fingerprint density at radius 2 is 1.69 bits per heavy atom. The van der Waals surface area contributed by atoms with Crippen LogP contribution in [0.3, 0.4) is 0 Å². The van der Waals surface area contributed by atoms with Crippen molar-refractivity contribution in [3.8, 4) is 0 Å². The fourth-order valence-corrected chi connectivity index (χ4v) is 2.92. The molecule has 26 heavy (non-hydrogen) atoms. The molecule has 1 N–H and O–H groups in total. The van der Waals surface area contributed by atoms with Crippen LogP contribution in [0.1, 0.15) is 32.9 Å². The molecule has 2 aromatic carbocycles. The number of aromatic nitrogens is 2. The van der Waals surface area contributed by atoms with Gasteiger partial charge in [0.1, 0.15) is 11.6 Å². The molecule has 0 unspecified atom stereocenters. The molecule has 3 aromatic rings. The molecule has 0 bridgehead atoms. The summed E-state index contributed by atoms with van der Waals surface area (Å²) in [6.07, 6.45) is 0. The normalized spacial score (nSPS) is 10.8. The average Bonchev–Trinajstić information content (AvgIpc) is 2.86. The van der Waals surface area contributed by atoms with Gasteiger partial charge in [-0.2, -0.15) is 5.10 Å². The van der Waals surface area contributed by atoms with Crippen LogP contribution in [-0.4, -0.2) is 15.7 Å². The van der Waals surface area contributed by atoms with Gasteiger partial charge in [-0.05, 0) is 37.1 Å². The topological polar surface area (TPSA) is 46.9 Å². The summed E-state index contributed by atoms with van der Waals surface area (Å²) in [5, 5.41) is 7.15. The Bertz CT molecular complexity index is 915. The van der Waals surface area contributed by atoms with E-state index < -0.39 is 11.6 Å². The number of carbonyl (C=O) groups is 1. The van der Waals surface area contributed by atoms with Crippen LogP contribution in [0.25, 0.3) is 0 Å². The third-order valence-electron chi connectivity index (χ3n) is 4.16. The molecular formula is C20H19F2N3O. The monoisotopic (exact) mass is 355 g/mol. The van der Waals surface area contributed by atoms with Gasteiger partial charge in [-0.25, -0.2) is 8.78 Å². The molecule has 1 aromatic heterocycles. The maximum absolute atomic E-state index is 13.2. The lowest BCUT2D eigenvalue weighted by atomic mass is 10.1. The highest BCUT2D eigenvalue weighted by molar-refractivity contribution is 5.96. The molecule has 0 saturated carbocycles. The lowest BCUT2D eigenvalue weighted by Crippen LogP contribution is -2.24. The number of hydrogen-bond acceptors (Lipinski definition) is 2. The van der Waals surface area contributed by atoms with E-state index in [4.69, 9.17) is 0 Å². The third-order valence-corrected chi connectivity index (χ3v) is 4.16. The first-order chi connectivity index (χ1) is 12.4. The van der Waals surface area contributed by atoms with E-state index in [2.05, 4.69) is 10.4 Å². The van der Waals surface area contributed by atoms with Crippen LogP contribution in [0.5, 0.6) is 0 Å². The van der Waals surface area contributed by atoms with Crippen LogP contribution < -0.4 is 5.32 Å². The van der Waals surface area contributed by atoms with E-state index in [1.165, 1.54) is 12.1 Å². The molecule has 4 nitrogen and oxygen atoms in total. The second kappa shape index (κ2) is 7.47. The quantitative estimate of drug-likeness (QED) is 0.758. The average molecular weight is 355 g/mol. The first kappa shape index (κ1) is 17.8. The Labute approximate surface area is 150 Å². The molecule has 0 radical (unpaired) electrons. The number of nitrogens with one attached hydrogen (secondary N) is 1. The van der Waals surface area contributed by atoms with E-state index in [1.54, 1.807) is 11.6 Å². The summed E-state index contributed by atoms with van der Waals surface area (Å²) in [5.41, 5.74) is 3.29. The van der Waals surface area contributed by atoms with E-state index in [9.17, 15) is 13.6 Å². The number of nitrogens with zero attached hydrogens (tertiary/aromatic N) is 2. The summed E-state index contributed by atoms with van der Waals surface area (Å²) >= 11 is 0. The minimum Gasteiger partial charge on any atom is -0.348 e. The first-order valence-electron chi connectivity index (χ1n) is 8.25. The SMILES string of the molecule is Cc1nn(Cc2ccccc2)c(C)c1C(=O)NCc1cc(F)cc(F)c1. The number of benzene rings is 2. The van der Waals surface area contributed by atoms with Crippen LogP contribution in [0.15, 0.2) is 48.5 Å². The second-order valence-corrected chi connectivity index (χ2v) is 6.15. The molecule has 1 amide bonds. The zero-order valence-electron chi connectivity index (χ0n) is 14.6. The zero-order chi connectivity index (χ0) is 18.7. The number of rotatable bonds is 5. The van der Waals surface area contributed by atoms with Crippen molar-refractivity contribution >= 4 is 5.91 Å². The molecule has 0 saturated heterocycles. The Balaban J connectivity index is 1.75.